The zero-order valence-corrected chi connectivity index (χ0v) is 15.8. The van der Waals surface area contributed by atoms with Crippen LogP contribution in [0.5, 0.6) is 0 Å². The number of nitrogens with zero attached hydrogens (tertiary/aromatic N) is 4. The van der Waals surface area contributed by atoms with Crippen molar-refractivity contribution in [2.75, 3.05) is 37.3 Å². The van der Waals surface area contributed by atoms with E-state index in [0.29, 0.717) is 12.3 Å². The summed E-state index contributed by atoms with van der Waals surface area (Å²) in [4.78, 5) is 25.3. The van der Waals surface area contributed by atoms with Crippen molar-refractivity contribution in [3.63, 3.8) is 0 Å². The van der Waals surface area contributed by atoms with Crippen molar-refractivity contribution in [1.29, 1.82) is 0 Å². The minimum absolute atomic E-state index is 0.0998. The average Bonchev–Trinajstić information content (AvgIpc) is 3.07. The molecule has 1 saturated heterocycles. The Labute approximate surface area is 155 Å². The molecule has 1 aliphatic rings. The standard InChI is InChI=1S/C20H27N5O/c1-14-18(15(2)23-20(21)22-14)11-19(26)24(3)12-16-9-10-25(13-16)17-7-5-4-6-8-17/h4-8,16H,9-13H2,1-3H3,(H2,21,22,23)/t16-/m1/s1. The van der Waals surface area contributed by atoms with Crippen LogP contribution >= 0.6 is 0 Å². The lowest BCUT2D eigenvalue weighted by atomic mass is 10.1. The molecule has 1 fully saturated rings. The highest BCUT2D eigenvalue weighted by atomic mass is 16.2. The third-order valence-electron chi connectivity index (χ3n) is 5.13. The molecular weight excluding hydrogens is 326 g/mol. The van der Waals surface area contributed by atoms with Crippen LogP contribution in [-0.4, -0.2) is 47.5 Å². The first-order chi connectivity index (χ1) is 12.4. The van der Waals surface area contributed by atoms with Gasteiger partial charge >= 0.3 is 0 Å². The van der Waals surface area contributed by atoms with Crippen LogP contribution in [-0.2, 0) is 11.2 Å². The van der Waals surface area contributed by atoms with Crippen LogP contribution in [0.4, 0.5) is 11.6 Å². The number of aromatic nitrogens is 2. The van der Waals surface area contributed by atoms with Crippen LogP contribution in [0.15, 0.2) is 30.3 Å². The fraction of sp³-hybridized carbons (Fsp3) is 0.450. The first-order valence-corrected chi connectivity index (χ1v) is 9.07. The number of carbonyl (C=O) groups is 1. The van der Waals surface area contributed by atoms with Crippen molar-refractivity contribution < 1.29 is 4.79 Å². The normalized spacial score (nSPS) is 16.7. The number of carbonyl (C=O) groups excluding carboxylic acids is 1. The number of hydrogen-bond acceptors (Lipinski definition) is 5. The highest BCUT2D eigenvalue weighted by Gasteiger charge is 2.25. The highest BCUT2D eigenvalue weighted by Crippen LogP contribution is 2.24. The molecule has 0 spiro atoms. The Morgan fingerprint density at radius 2 is 1.88 bits per heavy atom. The maximum atomic E-state index is 12.7. The zero-order chi connectivity index (χ0) is 18.7. The number of hydrogen-bond donors (Lipinski definition) is 1. The van der Waals surface area contributed by atoms with Crippen LogP contribution in [0, 0.1) is 19.8 Å². The van der Waals surface area contributed by atoms with Crippen molar-refractivity contribution in [1.82, 2.24) is 14.9 Å². The Hall–Kier alpha value is -2.63. The molecule has 1 aliphatic heterocycles. The third-order valence-corrected chi connectivity index (χ3v) is 5.13. The Kier molecular flexibility index (Phi) is 5.40. The van der Waals surface area contributed by atoms with E-state index in [1.54, 1.807) is 0 Å². The number of aryl methyl sites for hydroxylation is 2. The maximum Gasteiger partial charge on any atom is 0.226 e. The van der Waals surface area contributed by atoms with Gasteiger partial charge in [0.05, 0.1) is 6.42 Å². The topological polar surface area (TPSA) is 75.3 Å². The van der Waals surface area contributed by atoms with E-state index in [-0.39, 0.29) is 11.9 Å². The zero-order valence-electron chi connectivity index (χ0n) is 15.8. The number of likely N-dealkylation sites (N-methyl/N-ethyl adjacent to an activating group) is 1. The summed E-state index contributed by atoms with van der Waals surface area (Å²) in [7, 11) is 1.89. The van der Waals surface area contributed by atoms with Crippen LogP contribution < -0.4 is 10.6 Å². The molecule has 138 valence electrons. The lowest BCUT2D eigenvalue weighted by Crippen LogP contribution is -2.34. The number of amides is 1. The van der Waals surface area contributed by atoms with Crippen LogP contribution in [0.25, 0.3) is 0 Å². The highest BCUT2D eigenvalue weighted by molar-refractivity contribution is 5.79. The molecule has 2 N–H and O–H groups in total. The van der Waals surface area contributed by atoms with Crippen molar-refractivity contribution in [3.8, 4) is 0 Å². The second-order valence-corrected chi connectivity index (χ2v) is 7.12. The van der Waals surface area contributed by atoms with Gasteiger partial charge in [0.25, 0.3) is 0 Å². The second-order valence-electron chi connectivity index (χ2n) is 7.12. The summed E-state index contributed by atoms with van der Waals surface area (Å²) < 4.78 is 0. The van der Waals surface area contributed by atoms with Gasteiger partial charge in [-0.3, -0.25) is 4.79 Å². The average molecular weight is 353 g/mol. The summed E-state index contributed by atoms with van der Waals surface area (Å²) in [5, 5.41) is 0. The molecule has 1 amide bonds. The van der Waals surface area contributed by atoms with Gasteiger partial charge in [0.15, 0.2) is 0 Å². The van der Waals surface area contributed by atoms with Crippen LogP contribution in [0.3, 0.4) is 0 Å². The first-order valence-electron chi connectivity index (χ1n) is 9.07. The predicted molar refractivity (Wildman–Crippen MR) is 104 cm³/mol. The van der Waals surface area contributed by atoms with Crippen molar-refractivity contribution in [2.45, 2.75) is 26.7 Å². The van der Waals surface area contributed by atoms with Gasteiger partial charge in [0.2, 0.25) is 11.9 Å². The number of nitrogens with two attached hydrogens (primary N) is 1. The molecule has 0 radical (unpaired) electrons. The molecule has 26 heavy (non-hydrogen) atoms. The number of anilines is 2. The molecular formula is C20H27N5O. The van der Waals surface area contributed by atoms with E-state index in [0.717, 1.165) is 43.0 Å². The molecule has 2 heterocycles. The van der Waals surface area contributed by atoms with Gasteiger partial charge in [-0.15, -0.1) is 0 Å². The second kappa shape index (κ2) is 7.72. The van der Waals surface area contributed by atoms with E-state index in [4.69, 9.17) is 5.73 Å². The molecule has 0 bridgehead atoms. The van der Waals surface area contributed by atoms with E-state index >= 15 is 0 Å². The lowest BCUT2D eigenvalue weighted by Gasteiger charge is -2.23. The SMILES string of the molecule is Cc1nc(N)nc(C)c1CC(=O)N(C)C[C@H]1CCN(c2ccccc2)C1. The molecule has 1 atom stereocenters. The Morgan fingerprint density at radius 1 is 1.23 bits per heavy atom. The van der Waals surface area contributed by atoms with Gasteiger partial charge in [0.1, 0.15) is 0 Å². The monoisotopic (exact) mass is 353 g/mol. The molecule has 1 aromatic heterocycles. The van der Waals surface area contributed by atoms with Gasteiger partial charge in [-0.05, 0) is 38.3 Å². The molecule has 0 unspecified atom stereocenters. The van der Waals surface area contributed by atoms with Crippen molar-refractivity contribution in [2.24, 2.45) is 5.92 Å². The molecule has 3 rings (SSSR count). The lowest BCUT2D eigenvalue weighted by molar-refractivity contribution is -0.129. The summed E-state index contributed by atoms with van der Waals surface area (Å²) in [6.45, 7) is 6.56. The third kappa shape index (κ3) is 4.12. The molecule has 0 aliphatic carbocycles. The molecule has 6 nitrogen and oxygen atoms in total. The van der Waals surface area contributed by atoms with E-state index in [9.17, 15) is 4.79 Å². The fourth-order valence-corrected chi connectivity index (χ4v) is 3.65. The smallest absolute Gasteiger partial charge is 0.226 e. The fourth-order valence-electron chi connectivity index (χ4n) is 3.65. The van der Waals surface area contributed by atoms with Gasteiger partial charge in [-0.25, -0.2) is 9.97 Å². The summed E-state index contributed by atoms with van der Waals surface area (Å²) in [5.41, 5.74) is 9.38. The number of nitrogen functional groups attached to an aromatic ring is 1. The quantitative estimate of drug-likeness (QED) is 0.892. The number of rotatable bonds is 5. The summed E-state index contributed by atoms with van der Waals surface area (Å²) in [6.07, 6.45) is 1.43. The minimum Gasteiger partial charge on any atom is -0.371 e. The van der Waals surface area contributed by atoms with Crippen molar-refractivity contribution in [3.05, 3.63) is 47.3 Å². The summed E-state index contributed by atoms with van der Waals surface area (Å²) in [5.74, 6) is 0.855. The number of para-hydroxylation sites is 1. The molecule has 2 aromatic rings. The van der Waals surface area contributed by atoms with E-state index in [2.05, 4.69) is 39.1 Å². The largest absolute Gasteiger partial charge is 0.371 e. The molecule has 6 heteroatoms. The number of benzene rings is 1. The van der Waals surface area contributed by atoms with E-state index < -0.39 is 0 Å². The van der Waals surface area contributed by atoms with Gasteiger partial charge in [0, 0.05) is 49.3 Å². The van der Waals surface area contributed by atoms with Crippen molar-refractivity contribution >= 4 is 17.5 Å². The Balaban J connectivity index is 1.57. The van der Waals surface area contributed by atoms with Crippen LogP contribution in [0.2, 0.25) is 0 Å². The van der Waals surface area contributed by atoms with E-state index in [1.165, 1.54) is 5.69 Å². The Bertz CT molecular complexity index is 754. The summed E-state index contributed by atoms with van der Waals surface area (Å²) >= 11 is 0. The van der Waals surface area contributed by atoms with Gasteiger partial charge in [-0.1, -0.05) is 18.2 Å². The minimum atomic E-state index is 0.0998. The predicted octanol–water partition coefficient (Wildman–Crippen LogP) is 2.20. The van der Waals surface area contributed by atoms with Crippen LogP contribution in [0.1, 0.15) is 23.4 Å². The van der Waals surface area contributed by atoms with Gasteiger partial charge in [-0.2, -0.15) is 0 Å². The van der Waals surface area contributed by atoms with E-state index in [1.807, 2.05) is 31.9 Å². The van der Waals surface area contributed by atoms with Gasteiger partial charge < -0.3 is 15.5 Å². The molecule has 1 aromatic carbocycles. The maximum absolute atomic E-state index is 12.7. The molecule has 0 saturated carbocycles. The first kappa shape index (κ1) is 18.2. The summed E-state index contributed by atoms with van der Waals surface area (Å²) in [6, 6.07) is 10.5. The Morgan fingerprint density at radius 3 is 2.54 bits per heavy atom.